The fourth-order valence-corrected chi connectivity index (χ4v) is 0.123. The third-order valence-corrected chi connectivity index (χ3v) is 0.986. The summed E-state index contributed by atoms with van der Waals surface area (Å²) in [5.74, 6) is 2.22. The first-order chi connectivity index (χ1) is 4.81. The van der Waals surface area contributed by atoms with Gasteiger partial charge in [0.05, 0.1) is 0 Å². The van der Waals surface area contributed by atoms with E-state index in [4.69, 9.17) is 5.11 Å². The molecule has 1 fully saturated rings. The lowest BCUT2D eigenvalue weighted by atomic mass is 10.7. The lowest BCUT2D eigenvalue weighted by molar-refractivity contribution is -0.145. The maximum absolute atomic E-state index is 9.91. The van der Waals surface area contributed by atoms with Crippen LogP contribution in [-0.4, -0.2) is 29.4 Å². The van der Waals surface area contributed by atoms with Gasteiger partial charge >= 0.3 is 5.97 Å². The number of hydrogen-bond acceptors (Lipinski definition) is 4. The highest BCUT2D eigenvalue weighted by atomic mass is 32.2. The van der Waals surface area contributed by atoms with Gasteiger partial charge in [0.2, 0.25) is 0 Å². The lowest BCUT2D eigenvalue weighted by Gasteiger charge is -1.89. The van der Waals surface area contributed by atoms with Crippen LogP contribution in [0.5, 0.6) is 0 Å². The Hall–Kier alpha value is -0.480. The van der Waals surface area contributed by atoms with E-state index in [0.29, 0.717) is 0 Å². The van der Waals surface area contributed by atoms with E-state index < -0.39 is 12.8 Å². The van der Waals surface area contributed by atoms with Crippen LogP contribution >= 0.6 is 11.8 Å². The number of hydrogen-bond donors (Lipinski definition) is 1. The molecule has 0 aromatic heterocycles. The normalized spacial score (nSPS) is 12.5. The summed E-state index contributed by atoms with van der Waals surface area (Å²) in [5.41, 5.74) is 0. The van der Waals surface area contributed by atoms with Crippen molar-refractivity contribution in [3.8, 4) is 0 Å². The molecule has 0 aromatic carbocycles. The second kappa shape index (κ2) is 6.64. The maximum Gasteiger partial charge on any atom is 0.332 e. The number of carbonyl (C=O) groups excluding carboxylic acids is 1. The third kappa shape index (κ3) is 10.5. The molecule has 0 aromatic rings. The molecule has 0 radical (unpaired) electrons. The van der Waals surface area contributed by atoms with Crippen molar-refractivity contribution in [1.29, 1.82) is 0 Å². The molecule has 0 saturated carbocycles. The topological polar surface area (TPSA) is 46.5 Å². The fraction of sp³-hybridized carbons (Fsp3) is 0.500. The van der Waals surface area contributed by atoms with Gasteiger partial charge in [0.15, 0.2) is 6.79 Å². The molecule has 1 saturated heterocycles. The molecular formula is C6H10O3S. The molecule has 0 spiro atoms. The largest absolute Gasteiger partial charge is 0.436 e. The van der Waals surface area contributed by atoms with E-state index in [0.717, 1.165) is 6.08 Å². The minimum atomic E-state index is -0.609. The summed E-state index contributed by atoms with van der Waals surface area (Å²) in [4.78, 5) is 9.91. The molecule has 58 valence electrons. The van der Waals surface area contributed by atoms with E-state index >= 15 is 0 Å². The molecule has 0 atom stereocenters. The van der Waals surface area contributed by atoms with Crippen molar-refractivity contribution in [2.45, 2.75) is 0 Å². The van der Waals surface area contributed by atoms with Gasteiger partial charge in [0, 0.05) is 17.6 Å². The van der Waals surface area contributed by atoms with Crippen LogP contribution in [0.3, 0.4) is 0 Å². The van der Waals surface area contributed by atoms with E-state index in [1.54, 1.807) is 0 Å². The smallest absolute Gasteiger partial charge is 0.332 e. The van der Waals surface area contributed by atoms with E-state index in [9.17, 15) is 4.79 Å². The van der Waals surface area contributed by atoms with Crippen molar-refractivity contribution in [3.05, 3.63) is 12.7 Å². The van der Waals surface area contributed by atoms with Crippen molar-refractivity contribution in [1.82, 2.24) is 0 Å². The van der Waals surface area contributed by atoms with Crippen LogP contribution in [0.4, 0.5) is 0 Å². The monoisotopic (exact) mass is 162 g/mol. The van der Waals surface area contributed by atoms with Gasteiger partial charge < -0.3 is 9.84 Å². The van der Waals surface area contributed by atoms with Crippen LogP contribution in [0.15, 0.2) is 12.7 Å². The fourth-order valence-electron chi connectivity index (χ4n) is 0.123. The summed E-state index contributed by atoms with van der Waals surface area (Å²) in [5, 5.41) is 7.88. The van der Waals surface area contributed by atoms with Crippen LogP contribution in [0.25, 0.3) is 0 Å². The zero-order valence-corrected chi connectivity index (χ0v) is 6.39. The number of thioether (sulfide) groups is 1. The van der Waals surface area contributed by atoms with E-state index in [1.807, 2.05) is 11.8 Å². The highest BCUT2D eigenvalue weighted by Crippen LogP contribution is 2.14. The average Bonchev–Trinajstić information content (AvgIpc) is 2.73. The number of aliphatic hydroxyl groups is 1. The van der Waals surface area contributed by atoms with Crippen molar-refractivity contribution < 1.29 is 14.6 Å². The van der Waals surface area contributed by atoms with Crippen LogP contribution in [0.1, 0.15) is 0 Å². The second-order valence-electron chi connectivity index (χ2n) is 1.41. The Morgan fingerprint density at radius 3 is 2.40 bits per heavy atom. The number of ether oxygens (including phenoxy) is 1. The highest BCUT2D eigenvalue weighted by Gasteiger charge is 1.95. The maximum atomic E-state index is 9.91. The molecule has 10 heavy (non-hydrogen) atoms. The first-order valence-electron chi connectivity index (χ1n) is 2.79. The Bertz CT molecular complexity index is 109. The number of rotatable bonds is 2. The van der Waals surface area contributed by atoms with Crippen molar-refractivity contribution in [3.63, 3.8) is 0 Å². The Morgan fingerprint density at radius 1 is 1.80 bits per heavy atom. The van der Waals surface area contributed by atoms with Gasteiger partial charge in [0.25, 0.3) is 0 Å². The molecular weight excluding hydrogens is 152 g/mol. The number of esters is 1. The van der Waals surface area contributed by atoms with E-state index in [-0.39, 0.29) is 0 Å². The molecule has 0 bridgehead atoms. The zero-order chi connectivity index (χ0) is 7.82. The first-order valence-corrected chi connectivity index (χ1v) is 3.94. The third-order valence-electron chi connectivity index (χ3n) is 0.578. The van der Waals surface area contributed by atoms with Gasteiger partial charge in [-0.15, -0.1) is 0 Å². The predicted octanol–water partition coefficient (Wildman–Crippen LogP) is 0.399. The predicted molar refractivity (Wildman–Crippen MR) is 40.7 cm³/mol. The Labute approximate surface area is 64.1 Å². The van der Waals surface area contributed by atoms with Crippen LogP contribution in [0, 0.1) is 0 Å². The van der Waals surface area contributed by atoms with E-state index in [1.165, 1.54) is 11.5 Å². The standard InChI is InChI=1S/C4H6O3.C2H4S/c1-2-4(6)7-3-5;1-2-3-1/h2,5H,1,3H2;1-2H2. The molecule has 1 aliphatic heterocycles. The summed E-state index contributed by atoms with van der Waals surface area (Å²) in [7, 11) is 0. The highest BCUT2D eigenvalue weighted by molar-refractivity contribution is 8.06. The zero-order valence-electron chi connectivity index (χ0n) is 5.58. The quantitative estimate of drug-likeness (QED) is 0.276. The molecule has 1 aliphatic rings. The molecule has 1 N–H and O–H groups in total. The van der Waals surface area contributed by atoms with Crippen molar-refractivity contribution in [2.24, 2.45) is 0 Å². The summed E-state index contributed by atoms with van der Waals surface area (Å²) in [6.07, 6.45) is 0.982. The van der Waals surface area contributed by atoms with E-state index in [2.05, 4.69) is 11.3 Å². The van der Waals surface area contributed by atoms with Gasteiger partial charge in [-0.25, -0.2) is 4.79 Å². The van der Waals surface area contributed by atoms with Gasteiger partial charge in [-0.1, -0.05) is 6.58 Å². The first kappa shape index (κ1) is 9.52. The summed E-state index contributed by atoms with van der Waals surface area (Å²) < 4.78 is 3.99. The Balaban J connectivity index is 0.000000219. The molecule has 0 aliphatic carbocycles. The average molecular weight is 162 g/mol. The molecule has 4 heteroatoms. The van der Waals surface area contributed by atoms with Gasteiger partial charge in [-0.2, -0.15) is 11.8 Å². The molecule has 0 unspecified atom stereocenters. The number of aliphatic hydroxyl groups excluding tert-OH is 1. The van der Waals surface area contributed by atoms with Crippen molar-refractivity contribution >= 4 is 17.7 Å². The summed E-state index contributed by atoms with van der Waals surface area (Å²) in [6, 6.07) is 0. The van der Waals surface area contributed by atoms with Gasteiger partial charge in [0.1, 0.15) is 0 Å². The lowest BCUT2D eigenvalue weighted by Crippen LogP contribution is -1.99. The van der Waals surface area contributed by atoms with Crippen LogP contribution in [-0.2, 0) is 9.53 Å². The summed E-state index contributed by atoms with van der Waals surface area (Å²) >= 11 is 2.00. The Morgan fingerprint density at radius 2 is 2.30 bits per heavy atom. The number of carbonyl (C=O) groups is 1. The van der Waals surface area contributed by atoms with Gasteiger partial charge in [-0.05, 0) is 0 Å². The van der Waals surface area contributed by atoms with Gasteiger partial charge in [-0.3, -0.25) is 0 Å². The minimum Gasteiger partial charge on any atom is -0.436 e. The van der Waals surface area contributed by atoms with Crippen molar-refractivity contribution in [2.75, 3.05) is 18.3 Å². The van der Waals surface area contributed by atoms with Crippen LogP contribution < -0.4 is 0 Å². The van der Waals surface area contributed by atoms with Crippen LogP contribution in [0.2, 0.25) is 0 Å². The molecule has 1 heterocycles. The molecule has 0 amide bonds. The summed E-state index contributed by atoms with van der Waals surface area (Å²) in [6.45, 7) is 2.52. The Kier molecular flexibility index (Phi) is 6.32. The molecule has 3 nitrogen and oxygen atoms in total. The molecule has 1 rings (SSSR count). The SMILES string of the molecule is C1CS1.C=CC(=O)OCO. The second-order valence-corrected chi connectivity index (χ2v) is 2.63. The minimum absolute atomic E-state index is 0.579.